The second-order valence-electron chi connectivity index (χ2n) is 5.68. The zero-order valence-electron chi connectivity index (χ0n) is 13.6. The lowest BCUT2D eigenvalue weighted by Gasteiger charge is -2.35. The van der Waals surface area contributed by atoms with Gasteiger partial charge in [-0.3, -0.25) is 4.90 Å². The van der Waals surface area contributed by atoms with Crippen molar-refractivity contribution < 1.29 is 4.74 Å². The van der Waals surface area contributed by atoms with Crippen LogP contribution in [0.1, 0.15) is 45.7 Å². The predicted octanol–water partition coefficient (Wildman–Crippen LogP) is 3.45. The van der Waals surface area contributed by atoms with Crippen LogP contribution in [-0.2, 0) is 0 Å². The van der Waals surface area contributed by atoms with E-state index >= 15 is 0 Å². The van der Waals surface area contributed by atoms with Crippen LogP contribution in [0.15, 0.2) is 24.3 Å². The van der Waals surface area contributed by atoms with Gasteiger partial charge in [-0.15, -0.1) is 0 Å². The molecule has 0 aliphatic heterocycles. The number of ether oxygens (including phenoxy) is 1. The summed E-state index contributed by atoms with van der Waals surface area (Å²) in [5.74, 6) is 1.58. The van der Waals surface area contributed by atoms with Crippen molar-refractivity contribution in [1.82, 2.24) is 4.90 Å². The Morgan fingerprint density at radius 3 is 2.45 bits per heavy atom. The Kier molecular flexibility index (Phi) is 7.03. The van der Waals surface area contributed by atoms with Crippen molar-refractivity contribution in [2.75, 3.05) is 20.2 Å². The van der Waals surface area contributed by atoms with E-state index in [1.54, 1.807) is 7.11 Å². The first-order valence-electron chi connectivity index (χ1n) is 7.67. The Morgan fingerprint density at radius 2 is 1.95 bits per heavy atom. The number of likely N-dealkylation sites (N-methyl/N-ethyl adjacent to an activating group) is 1. The van der Waals surface area contributed by atoms with Crippen molar-refractivity contribution in [1.29, 1.82) is 0 Å². The molecule has 3 atom stereocenters. The van der Waals surface area contributed by atoms with Crippen LogP contribution < -0.4 is 10.5 Å². The zero-order chi connectivity index (χ0) is 15.1. The third-order valence-corrected chi connectivity index (χ3v) is 3.98. The first-order chi connectivity index (χ1) is 9.53. The van der Waals surface area contributed by atoms with E-state index < -0.39 is 0 Å². The van der Waals surface area contributed by atoms with Crippen molar-refractivity contribution in [2.24, 2.45) is 11.7 Å². The van der Waals surface area contributed by atoms with Crippen molar-refractivity contribution >= 4 is 0 Å². The van der Waals surface area contributed by atoms with Gasteiger partial charge in [0, 0.05) is 18.6 Å². The van der Waals surface area contributed by atoms with Gasteiger partial charge in [0.25, 0.3) is 0 Å². The minimum absolute atomic E-state index is 0.0890. The zero-order valence-corrected chi connectivity index (χ0v) is 13.6. The van der Waals surface area contributed by atoms with E-state index in [4.69, 9.17) is 10.5 Å². The first-order valence-corrected chi connectivity index (χ1v) is 7.67. The largest absolute Gasteiger partial charge is 0.497 e. The maximum atomic E-state index is 6.27. The van der Waals surface area contributed by atoms with Crippen molar-refractivity contribution in [3.63, 3.8) is 0 Å². The summed E-state index contributed by atoms with van der Waals surface area (Å²) < 4.78 is 5.34. The molecule has 114 valence electrons. The van der Waals surface area contributed by atoms with Crippen LogP contribution in [0.5, 0.6) is 5.75 Å². The summed E-state index contributed by atoms with van der Waals surface area (Å²) in [6.07, 6.45) is 1.19. The van der Waals surface area contributed by atoms with Gasteiger partial charge in [0.05, 0.1) is 7.11 Å². The number of hydrogen-bond acceptors (Lipinski definition) is 3. The maximum absolute atomic E-state index is 6.27. The number of nitrogens with zero attached hydrogens (tertiary/aromatic N) is 1. The molecule has 0 aliphatic rings. The van der Waals surface area contributed by atoms with E-state index in [-0.39, 0.29) is 12.1 Å². The maximum Gasteiger partial charge on any atom is 0.119 e. The molecule has 3 unspecified atom stereocenters. The van der Waals surface area contributed by atoms with E-state index in [1.165, 1.54) is 12.0 Å². The normalized spacial score (nSPS) is 15.9. The van der Waals surface area contributed by atoms with Gasteiger partial charge in [0.1, 0.15) is 5.75 Å². The molecule has 20 heavy (non-hydrogen) atoms. The van der Waals surface area contributed by atoms with Crippen molar-refractivity contribution in [3.05, 3.63) is 29.8 Å². The monoisotopic (exact) mass is 278 g/mol. The Balaban J connectivity index is 3.01. The molecule has 0 aliphatic carbocycles. The molecular formula is C17H30N2O. The lowest BCUT2D eigenvalue weighted by atomic mass is 9.97. The Labute approximate surface area is 124 Å². The van der Waals surface area contributed by atoms with Gasteiger partial charge in [-0.2, -0.15) is 0 Å². The van der Waals surface area contributed by atoms with Gasteiger partial charge in [-0.05, 0) is 37.1 Å². The van der Waals surface area contributed by atoms with E-state index in [1.807, 2.05) is 12.1 Å². The molecule has 0 saturated heterocycles. The Bertz CT molecular complexity index is 392. The molecule has 0 fully saturated rings. The molecule has 0 bridgehead atoms. The number of benzene rings is 1. The molecule has 2 N–H and O–H groups in total. The van der Waals surface area contributed by atoms with Crippen LogP contribution in [0.4, 0.5) is 0 Å². The fourth-order valence-electron chi connectivity index (χ4n) is 2.64. The fraction of sp³-hybridized carbons (Fsp3) is 0.647. The number of methoxy groups -OCH3 is 1. The number of hydrogen-bond donors (Lipinski definition) is 1. The highest BCUT2D eigenvalue weighted by atomic mass is 16.5. The quantitative estimate of drug-likeness (QED) is 0.791. The van der Waals surface area contributed by atoms with Gasteiger partial charge >= 0.3 is 0 Å². The van der Waals surface area contributed by atoms with Crippen molar-refractivity contribution in [3.8, 4) is 5.75 Å². The molecule has 3 heteroatoms. The lowest BCUT2D eigenvalue weighted by Crippen LogP contribution is -2.41. The van der Waals surface area contributed by atoms with Gasteiger partial charge in [0.2, 0.25) is 0 Å². The summed E-state index contributed by atoms with van der Waals surface area (Å²) in [4.78, 5) is 2.48. The predicted molar refractivity (Wildman–Crippen MR) is 86.1 cm³/mol. The summed E-state index contributed by atoms with van der Waals surface area (Å²) in [7, 11) is 1.71. The van der Waals surface area contributed by atoms with Crippen LogP contribution in [0.3, 0.4) is 0 Å². The Hall–Kier alpha value is -1.06. The second kappa shape index (κ2) is 8.28. The molecular weight excluding hydrogens is 248 g/mol. The van der Waals surface area contributed by atoms with Crippen LogP contribution in [0.2, 0.25) is 0 Å². The van der Waals surface area contributed by atoms with Gasteiger partial charge in [-0.1, -0.05) is 39.3 Å². The topological polar surface area (TPSA) is 38.5 Å². The van der Waals surface area contributed by atoms with Gasteiger partial charge in [0.15, 0.2) is 0 Å². The van der Waals surface area contributed by atoms with E-state index in [2.05, 4.69) is 44.7 Å². The molecule has 1 aromatic carbocycles. The van der Waals surface area contributed by atoms with Crippen LogP contribution in [0.25, 0.3) is 0 Å². The molecule has 0 radical (unpaired) electrons. The molecule has 0 saturated carbocycles. The molecule has 0 amide bonds. The van der Waals surface area contributed by atoms with E-state index in [0.29, 0.717) is 5.92 Å². The number of nitrogens with two attached hydrogens (primary N) is 1. The highest BCUT2D eigenvalue weighted by Gasteiger charge is 2.24. The highest BCUT2D eigenvalue weighted by Crippen LogP contribution is 2.27. The smallest absolute Gasteiger partial charge is 0.119 e. The summed E-state index contributed by atoms with van der Waals surface area (Å²) >= 11 is 0. The Morgan fingerprint density at radius 1 is 1.25 bits per heavy atom. The number of rotatable bonds is 8. The first kappa shape index (κ1) is 17.0. The molecule has 3 nitrogen and oxygen atoms in total. The molecule has 0 spiro atoms. The third-order valence-electron chi connectivity index (χ3n) is 3.98. The van der Waals surface area contributed by atoms with E-state index in [0.717, 1.165) is 18.8 Å². The summed E-state index contributed by atoms with van der Waals surface area (Å²) in [5, 5.41) is 0. The standard InChI is InChI=1S/C17H30N2O/c1-6-13(3)12-19(7-2)17(14(4)18)15-9-8-10-16(11-15)20-5/h8-11,13-14,17H,6-7,12,18H2,1-5H3. The van der Waals surface area contributed by atoms with Crippen molar-refractivity contribution in [2.45, 2.75) is 46.2 Å². The van der Waals surface area contributed by atoms with Crippen LogP contribution >= 0.6 is 0 Å². The molecule has 0 aromatic heterocycles. The average molecular weight is 278 g/mol. The minimum Gasteiger partial charge on any atom is -0.497 e. The summed E-state index contributed by atoms with van der Waals surface area (Å²) in [5.41, 5.74) is 7.51. The molecule has 0 heterocycles. The molecule has 1 aromatic rings. The molecule has 1 rings (SSSR count). The van der Waals surface area contributed by atoms with Gasteiger partial charge < -0.3 is 10.5 Å². The summed E-state index contributed by atoms with van der Waals surface area (Å²) in [6, 6.07) is 8.60. The van der Waals surface area contributed by atoms with E-state index in [9.17, 15) is 0 Å². The average Bonchev–Trinajstić information content (AvgIpc) is 2.46. The summed E-state index contributed by atoms with van der Waals surface area (Å²) in [6.45, 7) is 10.9. The fourth-order valence-corrected chi connectivity index (χ4v) is 2.64. The highest BCUT2D eigenvalue weighted by molar-refractivity contribution is 5.31. The van der Waals surface area contributed by atoms with Crippen LogP contribution in [0, 0.1) is 5.92 Å². The lowest BCUT2D eigenvalue weighted by molar-refractivity contribution is 0.160. The van der Waals surface area contributed by atoms with Crippen LogP contribution in [-0.4, -0.2) is 31.1 Å². The SMILES string of the molecule is CCC(C)CN(CC)C(c1cccc(OC)c1)C(C)N. The van der Waals surface area contributed by atoms with Gasteiger partial charge in [-0.25, -0.2) is 0 Å². The second-order valence-corrected chi connectivity index (χ2v) is 5.68. The minimum atomic E-state index is 0.0890. The third kappa shape index (κ3) is 4.50.